The van der Waals surface area contributed by atoms with Crippen LogP contribution in [0.4, 0.5) is 0 Å². The van der Waals surface area contributed by atoms with Gasteiger partial charge in [-0.15, -0.1) is 0 Å². The van der Waals surface area contributed by atoms with Crippen molar-refractivity contribution in [3.63, 3.8) is 0 Å². The van der Waals surface area contributed by atoms with E-state index in [-0.39, 0.29) is 0 Å². The number of hydrazine groups is 1. The molecule has 1 saturated heterocycles. The van der Waals surface area contributed by atoms with Crippen molar-refractivity contribution < 1.29 is 47.7 Å². The third-order valence-corrected chi connectivity index (χ3v) is 4.05. The van der Waals surface area contributed by atoms with E-state index < -0.39 is 66.1 Å². The first-order chi connectivity index (χ1) is 13.9. The van der Waals surface area contributed by atoms with Crippen LogP contribution in [0.25, 0.3) is 0 Å². The van der Waals surface area contributed by atoms with E-state index in [1.165, 1.54) is 6.92 Å². The Morgan fingerprint density at radius 2 is 1.57 bits per heavy atom. The highest BCUT2D eigenvalue weighted by Crippen LogP contribution is 2.30. The van der Waals surface area contributed by atoms with E-state index in [4.69, 9.17) is 9.47 Å². The molecule has 1 rings (SSSR count). The van der Waals surface area contributed by atoms with Gasteiger partial charge in [0.1, 0.15) is 12.1 Å². The van der Waals surface area contributed by atoms with E-state index >= 15 is 0 Å². The van der Waals surface area contributed by atoms with Crippen LogP contribution in [0.1, 0.15) is 34.1 Å². The predicted octanol–water partition coefficient (Wildman–Crippen LogP) is -0.536. The monoisotopic (exact) mass is 428 g/mol. The molecule has 166 valence electrons. The third kappa shape index (κ3) is 5.78. The zero-order valence-corrected chi connectivity index (χ0v) is 17.5. The highest BCUT2D eigenvalue weighted by molar-refractivity contribution is 6.01. The van der Waals surface area contributed by atoms with Crippen LogP contribution in [0.3, 0.4) is 0 Å². The Kier molecular flexibility index (Phi) is 8.50. The summed E-state index contributed by atoms with van der Waals surface area (Å²) >= 11 is 0. The Morgan fingerprint density at radius 3 is 2.00 bits per heavy atom. The maximum absolute atomic E-state index is 12.7. The normalized spacial score (nSPS) is 18.4. The summed E-state index contributed by atoms with van der Waals surface area (Å²) in [5.74, 6) is -4.94. The molecule has 0 N–H and O–H groups in total. The highest BCUT2D eigenvalue weighted by Gasteiger charge is 2.50. The Balaban J connectivity index is 3.50. The molecule has 0 aromatic rings. The van der Waals surface area contributed by atoms with Crippen molar-refractivity contribution >= 4 is 35.7 Å². The Bertz CT molecular complexity index is 775. The van der Waals surface area contributed by atoms with Gasteiger partial charge in [-0.2, -0.15) is 0 Å². The molecular formula is C18H24N2O10. The molecule has 1 heterocycles. The van der Waals surface area contributed by atoms with Gasteiger partial charge in [-0.25, -0.2) is 19.6 Å². The Hall–Kier alpha value is -3.44. The molecule has 30 heavy (non-hydrogen) atoms. The van der Waals surface area contributed by atoms with Gasteiger partial charge in [0.2, 0.25) is 11.8 Å². The smallest absolute Gasteiger partial charge is 0.357 e. The molecule has 0 aromatic heterocycles. The number of methoxy groups -OCH3 is 2. The zero-order chi connectivity index (χ0) is 23.2. The Labute approximate surface area is 172 Å². The summed E-state index contributed by atoms with van der Waals surface area (Å²) in [5.41, 5.74) is -0.575. The molecule has 3 unspecified atom stereocenters. The lowest BCUT2D eigenvalue weighted by Gasteiger charge is -2.36. The number of nitrogens with zero attached hydrogens (tertiary/aromatic N) is 2. The van der Waals surface area contributed by atoms with Crippen LogP contribution in [0, 0.1) is 0 Å². The molecule has 2 amide bonds. The number of carbonyl (C=O) groups excluding carboxylic acids is 6. The summed E-state index contributed by atoms with van der Waals surface area (Å²) in [6.07, 6.45) is -1.96. The zero-order valence-electron chi connectivity index (χ0n) is 17.5. The molecule has 3 atom stereocenters. The van der Waals surface area contributed by atoms with Gasteiger partial charge in [-0.1, -0.05) is 0 Å². The van der Waals surface area contributed by atoms with Crippen LogP contribution in [0.15, 0.2) is 11.8 Å². The molecule has 12 nitrogen and oxygen atoms in total. The second kappa shape index (κ2) is 10.4. The molecule has 0 aliphatic carbocycles. The largest absolute Gasteiger partial charge is 0.466 e. The summed E-state index contributed by atoms with van der Waals surface area (Å²) in [6, 6.07) is -1.13. The quantitative estimate of drug-likeness (QED) is 0.294. The summed E-state index contributed by atoms with van der Waals surface area (Å²) in [4.78, 5) is 72.0. The first-order valence-corrected chi connectivity index (χ1v) is 8.79. The van der Waals surface area contributed by atoms with Crippen LogP contribution in [0.2, 0.25) is 0 Å². The van der Waals surface area contributed by atoms with Crippen molar-refractivity contribution in [2.45, 2.75) is 52.4 Å². The summed E-state index contributed by atoms with van der Waals surface area (Å²) < 4.78 is 19.4. The number of hydrogen-bond donors (Lipinski definition) is 0. The molecule has 0 spiro atoms. The number of hydrogen-bond acceptors (Lipinski definition) is 10. The fourth-order valence-electron chi connectivity index (χ4n) is 2.99. The highest BCUT2D eigenvalue weighted by atomic mass is 16.6. The van der Waals surface area contributed by atoms with Crippen molar-refractivity contribution in [3.05, 3.63) is 11.8 Å². The Morgan fingerprint density at radius 1 is 1.00 bits per heavy atom. The predicted molar refractivity (Wildman–Crippen MR) is 96.7 cm³/mol. The molecule has 12 heteroatoms. The van der Waals surface area contributed by atoms with Crippen molar-refractivity contribution in [1.29, 1.82) is 0 Å². The van der Waals surface area contributed by atoms with Gasteiger partial charge < -0.3 is 18.9 Å². The fraction of sp³-hybridized carbons (Fsp3) is 0.556. The minimum Gasteiger partial charge on any atom is -0.466 e. The minimum absolute atomic E-state index is 0.390. The van der Waals surface area contributed by atoms with Gasteiger partial charge >= 0.3 is 23.9 Å². The summed E-state index contributed by atoms with van der Waals surface area (Å²) in [6.45, 7) is 4.78. The number of amides is 2. The SMILES string of the molecule is COC(=O)C=C(C(=O)OC)N1C(=O)CC(C(OC(C)=O)C(C)OC(C)=O)N1C(C)=O. The number of rotatable bonds is 7. The number of carbonyl (C=O) groups is 6. The van der Waals surface area contributed by atoms with Crippen molar-refractivity contribution in [3.8, 4) is 0 Å². The number of esters is 4. The van der Waals surface area contributed by atoms with Crippen LogP contribution >= 0.6 is 0 Å². The molecular weight excluding hydrogens is 404 g/mol. The van der Waals surface area contributed by atoms with Gasteiger partial charge in [0, 0.05) is 20.8 Å². The van der Waals surface area contributed by atoms with Crippen LogP contribution in [-0.4, -0.2) is 78.2 Å². The third-order valence-electron chi connectivity index (χ3n) is 4.05. The van der Waals surface area contributed by atoms with E-state index in [0.29, 0.717) is 11.1 Å². The van der Waals surface area contributed by atoms with Crippen LogP contribution in [0.5, 0.6) is 0 Å². The van der Waals surface area contributed by atoms with Crippen molar-refractivity contribution in [2.24, 2.45) is 0 Å². The topological polar surface area (TPSA) is 146 Å². The van der Waals surface area contributed by atoms with Gasteiger partial charge in [-0.3, -0.25) is 19.2 Å². The number of ether oxygens (including phenoxy) is 4. The van der Waals surface area contributed by atoms with Gasteiger partial charge in [0.25, 0.3) is 0 Å². The fourth-order valence-corrected chi connectivity index (χ4v) is 2.99. The lowest BCUT2D eigenvalue weighted by Crippen LogP contribution is -2.54. The molecule has 1 fully saturated rings. The first kappa shape index (κ1) is 24.6. The maximum atomic E-state index is 12.7. The first-order valence-electron chi connectivity index (χ1n) is 8.79. The second-order valence-electron chi connectivity index (χ2n) is 6.27. The lowest BCUT2D eigenvalue weighted by atomic mass is 10.0. The van der Waals surface area contributed by atoms with Gasteiger partial charge in [0.05, 0.1) is 26.7 Å². The second-order valence-corrected chi connectivity index (χ2v) is 6.27. The van der Waals surface area contributed by atoms with E-state index in [2.05, 4.69) is 9.47 Å². The van der Waals surface area contributed by atoms with Crippen molar-refractivity contribution in [1.82, 2.24) is 10.0 Å². The van der Waals surface area contributed by atoms with E-state index in [1.54, 1.807) is 0 Å². The molecule has 1 aliphatic rings. The van der Waals surface area contributed by atoms with Crippen LogP contribution < -0.4 is 0 Å². The average Bonchev–Trinajstić information content (AvgIpc) is 2.99. The molecule has 0 radical (unpaired) electrons. The molecule has 0 aromatic carbocycles. The maximum Gasteiger partial charge on any atom is 0.357 e. The van der Waals surface area contributed by atoms with Crippen LogP contribution in [-0.2, 0) is 47.7 Å². The van der Waals surface area contributed by atoms with E-state index in [1.807, 2.05) is 0 Å². The summed E-state index contributed by atoms with van der Waals surface area (Å²) in [7, 11) is 2.08. The molecule has 0 bridgehead atoms. The van der Waals surface area contributed by atoms with Gasteiger partial charge in [0.15, 0.2) is 11.8 Å². The minimum atomic E-state index is -1.23. The lowest BCUT2D eigenvalue weighted by molar-refractivity contribution is -0.176. The van der Waals surface area contributed by atoms with E-state index in [9.17, 15) is 28.8 Å². The summed E-state index contributed by atoms with van der Waals surface area (Å²) in [5, 5.41) is 1.51. The van der Waals surface area contributed by atoms with Gasteiger partial charge in [-0.05, 0) is 6.92 Å². The van der Waals surface area contributed by atoms with Crippen molar-refractivity contribution in [2.75, 3.05) is 14.2 Å². The standard InChI is InChI=1S/C18H24N2O10/c1-9(29-11(3)22)17(30-12(4)23)13-7-15(24)20(19(13)10(2)21)14(18(26)28-6)8-16(25)27-5/h8-9,13,17H,7H2,1-6H3. The molecule has 1 aliphatic heterocycles. The van der Waals surface area contributed by atoms with E-state index in [0.717, 1.165) is 40.0 Å². The molecule has 0 saturated carbocycles. The average molecular weight is 428 g/mol.